The number of carbonyl (C=O) groups excluding carboxylic acids is 1. The zero-order chi connectivity index (χ0) is 15.8. The summed E-state index contributed by atoms with van der Waals surface area (Å²) in [4.78, 5) is 24.4. The highest BCUT2D eigenvalue weighted by Gasteiger charge is 2.17. The van der Waals surface area contributed by atoms with Crippen LogP contribution >= 0.6 is 0 Å². The number of carbonyl (C=O) groups is 2. The van der Waals surface area contributed by atoms with Crippen LogP contribution in [0.25, 0.3) is 0 Å². The van der Waals surface area contributed by atoms with Crippen molar-refractivity contribution in [3.63, 3.8) is 0 Å². The minimum atomic E-state index is -1.03. The summed E-state index contributed by atoms with van der Waals surface area (Å²) in [5, 5.41) is 20.7. The lowest BCUT2D eigenvalue weighted by molar-refractivity contribution is 0.0697. The molecule has 0 saturated carbocycles. The van der Waals surface area contributed by atoms with Crippen molar-refractivity contribution in [1.82, 2.24) is 5.32 Å². The molecule has 0 saturated heterocycles. The van der Waals surface area contributed by atoms with Gasteiger partial charge in [-0.05, 0) is 37.6 Å². The molecule has 21 heavy (non-hydrogen) atoms. The van der Waals surface area contributed by atoms with Crippen LogP contribution in [0.1, 0.15) is 23.7 Å². The number of rotatable bonds is 7. The smallest absolute Gasteiger partial charge is 0.335 e. The first-order chi connectivity index (χ1) is 9.99. The van der Waals surface area contributed by atoms with Crippen molar-refractivity contribution in [2.75, 3.05) is 18.1 Å². The maximum atomic E-state index is 12.2. The molecule has 1 unspecified atom stereocenters. The van der Waals surface area contributed by atoms with Gasteiger partial charge in [0, 0.05) is 11.7 Å². The monoisotopic (exact) mass is 292 g/mol. The highest BCUT2D eigenvalue weighted by molar-refractivity contribution is 5.93. The van der Waals surface area contributed by atoms with Crippen molar-refractivity contribution in [3.05, 3.63) is 42.5 Å². The Morgan fingerprint density at radius 3 is 2.48 bits per heavy atom. The van der Waals surface area contributed by atoms with Crippen LogP contribution < -0.4 is 10.2 Å². The second-order valence-corrected chi connectivity index (χ2v) is 4.60. The summed E-state index contributed by atoms with van der Waals surface area (Å²) in [6.07, 6.45) is 2.35. The van der Waals surface area contributed by atoms with Gasteiger partial charge in [0.2, 0.25) is 0 Å². The molecular formula is C15H20N2O4. The third-order valence-electron chi connectivity index (χ3n) is 2.88. The number of nitrogens with zero attached hydrogens (tertiary/aromatic N) is 1. The van der Waals surface area contributed by atoms with Gasteiger partial charge in [0.1, 0.15) is 0 Å². The SMILES string of the molecule is C=CCC(C)NC(=O)N(CCO)c1ccc(C(=O)O)cc1. The number of aromatic carboxylic acids is 1. The molecule has 0 aromatic heterocycles. The third-order valence-corrected chi connectivity index (χ3v) is 2.88. The Bertz CT molecular complexity index is 499. The zero-order valence-corrected chi connectivity index (χ0v) is 12.0. The summed E-state index contributed by atoms with van der Waals surface area (Å²) in [6, 6.07) is 5.49. The van der Waals surface area contributed by atoms with E-state index in [0.717, 1.165) is 0 Å². The van der Waals surface area contributed by atoms with E-state index in [0.29, 0.717) is 12.1 Å². The minimum Gasteiger partial charge on any atom is -0.478 e. The molecule has 2 amide bonds. The van der Waals surface area contributed by atoms with Gasteiger partial charge >= 0.3 is 12.0 Å². The largest absolute Gasteiger partial charge is 0.478 e. The van der Waals surface area contributed by atoms with Crippen molar-refractivity contribution in [3.8, 4) is 0 Å². The Balaban J connectivity index is 2.87. The fraction of sp³-hybridized carbons (Fsp3) is 0.333. The van der Waals surface area contributed by atoms with Gasteiger partial charge in [-0.2, -0.15) is 0 Å². The first kappa shape index (κ1) is 16.7. The van der Waals surface area contributed by atoms with Gasteiger partial charge in [0.15, 0.2) is 0 Å². The molecule has 0 fully saturated rings. The molecule has 1 atom stereocenters. The summed E-state index contributed by atoms with van der Waals surface area (Å²) < 4.78 is 0. The summed E-state index contributed by atoms with van der Waals surface area (Å²) in [5.74, 6) is -1.03. The Labute approximate surface area is 123 Å². The van der Waals surface area contributed by atoms with Crippen LogP contribution in [0, 0.1) is 0 Å². The number of aliphatic hydroxyl groups excluding tert-OH is 1. The van der Waals surface area contributed by atoms with Crippen LogP contribution in [0.15, 0.2) is 36.9 Å². The van der Waals surface area contributed by atoms with E-state index < -0.39 is 5.97 Å². The molecule has 6 nitrogen and oxygen atoms in total. The third kappa shape index (κ3) is 4.92. The molecule has 0 radical (unpaired) electrons. The minimum absolute atomic E-state index is 0.0746. The fourth-order valence-electron chi connectivity index (χ4n) is 1.83. The van der Waals surface area contributed by atoms with Crippen molar-refractivity contribution >= 4 is 17.7 Å². The number of hydrogen-bond acceptors (Lipinski definition) is 3. The van der Waals surface area contributed by atoms with Crippen molar-refractivity contribution in [2.45, 2.75) is 19.4 Å². The summed E-state index contributed by atoms with van der Waals surface area (Å²) in [6.45, 7) is 5.40. The molecule has 6 heteroatoms. The number of carboxylic acids is 1. The molecule has 1 aromatic rings. The molecule has 0 aliphatic rings. The van der Waals surface area contributed by atoms with E-state index in [1.165, 1.54) is 29.2 Å². The average molecular weight is 292 g/mol. The number of anilines is 1. The van der Waals surface area contributed by atoms with Crippen LogP contribution in [0.3, 0.4) is 0 Å². The number of carboxylic acid groups (broad SMARTS) is 1. The predicted molar refractivity (Wildman–Crippen MR) is 80.6 cm³/mol. The van der Waals surface area contributed by atoms with E-state index in [9.17, 15) is 9.59 Å². The molecule has 0 bridgehead atoms. The lowest BCUT2D eigenvalue weighted by Crippen LogP contribution is -2.45. The fourth-order valence-corrected chi connectivity index (χ4v) is 1.83. The van der Waals surface area contributed by atoms with Gasteiger partial charge in [-0.1, -0.05) is 6.08 Å². The first-order valence-corrected chi connectivity index (χ1v) is 6.62. The second-order valence-electron chi connectivity index (χ2n) is 4.60. The Kier molecular flexibility index (Phi) is 6.42. The van der Waals surface area contributed by atoms with Gasteiger partial charge < -0.3 is 15.5 Å². The van der Waals surface area contributed by atoms with Crippen LogP contribution in [0.4, 0.5) is 10.5 Å². The number of hydrogen-bond donors (Lipinski definition) is 3. The quantitative estimate of drug-likeness (QED) is 0.669. The molecule has 0 spiro atoms. The van der Waals surface area contributed by atoms with E-state index in [4.69, 9.17) is 10.2 Å². The van der Waals surface area contributed by atoms with Crippen molar-refractivity contribution in [1.29, 1.82) is 0 Å². The summed E-state index contributed by atoms with van der Waals surface area (Å²) >= 11 is 0. The van der Waals surface area contributed by atoms with Crippen molar-refractivity contribution in [2.24, 2.45) is 0 Å². The van der Waals surface area contributed by atoms with E-state index in [-0.39, 0.29) is 30.8 Å². The Morgan fingerprint density at radius 1 is 1.38 bits per heavy atom. The first-order valence-electron chi connectivity index (χ1n) is 6.62. The van der Waals surface area contributed by atoms with Crippen LogP contribution in [-0.4, -0.2) is 41.4 Å². The number of amides is 2. The van der Waals surface area contributed by atoms with Crippen LogP contribution in [-0.2, 0) is 0 Å². The van der Waals surface area contributed by atoms with E-state index in [1.807, 2.05) is 6.92 Å². The normalized spacial score (nSPS) is 11.5. The molecule has 114 valence electrons. The summed E-state index contributed by atoms with van der Waals surface area (Å²) in [7, 11) is 0. The zero-order valence-electron chi connectivity index (χ0n) is 12.0. The van der Waals surface area contributed by atoms with Gasteiger partial charge in [-0.3, -0.25) is 4.90 Å². The lowest BCUT2D eigenvalue weighted by Gasteiger charge is -2.24. The van der Waals surface area contributed by atoms with E-state index in [2.05, 4.69) is 11.9 Å². The van der Waals surface area contributed by atoms with Crippen LogP contribution in [0.5, 0.6) is 0 Å². The Morgan fingerprint density at radius 2 is 2.00 bits per heavy atom. The molecule has 0 aliphatic heterocycles. The van der Waals surface area contributed by atoms with Crippen molar-refractivity contribution < 1.29 is 19.8 Å². The van der Waals surface area contributed by atoms with E-state index in [1.54, 1.807) is 6.08 Å². The number of benzene rings is 1. The second kappa shape index (κ2) is 8.06. The molecule has 0 heterocycles. The standard InChI is InChI=1S/C15H20N2O4/c1-3-4-11(2)16-15(21)17(9-10-18)13-7-5-12(6-8-13)14(19)20/h3,5-8,11,18H,1,4,9-10H2,2H3,(H,16,21)(H,19,20). The highest BCUT2D eigenvalue weighted by atomic mass is 16.4. The maximum Gasteiger partial charge on any atom is 0.335 e. The summed E-state index contributed by atoms with van der Waals surface area (Å²) in [5.41, 5.74) is 0.667. The Hall–Kier alpha value is -2.34. The molecule has 1 aromatic carbocycles. The van der Waals surface area contributed by atoms with Gasteiger partial charge in [-0.15, -0.1) is 6.58 Å². The number of urea groups is 1. The molecular weight excluding hydrogens is 272 g/mol. The number of nitrogens with one attached hydrogen (secondary N) is 1. The van der Waals surface area contributed by atoms with Gasteiger partial charge in [0.25, 0.3) is 0 Å². The molecule has 0 aliphatic carbocycles. The average Bonchev–Trinajstić information content (AvgIpc) is 2.45. The maximum absolute atomic E-state index is 12.2. The van der Waals surface area contributed by atoms with E-state index >= 15 is 0 Å². The van der Waals surface area contributed by atoms with Gasteiger partial charge in [0.05, 0.1) is 18.7 Å². The molecule has 3 N–H and O–H groups in total. The topological polar surface area (TPSA) is 89.9 Å². The number of aliphatic hydroxyl groups is 1. The lowest BCUT2D eigenvalue weighted by atomic mass is 10.2. The predicted octanol–water partition coefficient (Wildman–Crippen LogP) is 1.86. The van der Waals surface area contributed by atoms with Crippen LogP contribution in [0.2, 0.25) is 0 Å². The molecule has 1 rings (SSSR count). The highest BCUT2D eigenvalue weighted by Crippen LogP contribution is 2.15. The van der Waals surface area contributed by atoms with Gasteiger partial charge in [-0.25, -0.2) is 9.59 Å².